The molecule has 14 heteroatoms. The third-order valence-corrected chi connectivity index (χ3v) is 6.55. The molecule has 1 aromatic carbocycles. The van der Waals surface area contributed by atoms with Gasteiger partial charge in [0.1, 0.15) is 53.8 Å². The van der Waals surface area contributed by atoms with Gasteiger partial charge in [-0.3, -0.25) is 14.1 Å². The topological polar surface area (TPSA) is 68.5 Å². The summed E-state index contributed by atoms with van der Waals surface area (Å²) in [5.41, 5.74) is 2.31. The van der Waals surface area contributed by atoms with Gasteiger partial charge < -0.3 is 19.1 Å². The highest BCUT2D eigenvalue weighted by atomic mass is 19.4. The van der Waals surface area contributed by atoms with Gasteiger partial charge in [-0.2, -0.15) is 13.2 Å². The Morgan fingerprint density at radius 3 is 2.56 bits per heavy atom. The highest BCUT2D eigenvalue weighted by Gasteiger charge is 2.37. The van der Waals surface area contributed by atoms with E-state index < -0.39 is 23.9 Å². The Morgan fingerprint density at radius 1 is 1.08 bits per heavy atom. The van der Waals surface area contributed by atoms with Crippen LogP contribution in [0.1, 0.15) is 15.9 Å². The standard InChI is InChI=1S/C25H24B3F3N4O4/c26-25(27,28)39-20-12-17(11-16-1-3-34(15-24(29,30)31)23(36)22(16)20)19-14-32-21-13-18(2-4-35(19)21)38-10-7-33-5-8-37-9-6-33/h2,4,11-14H,1,3,5-10,15H2. The number of fused-ring (bicyclic) bond motifs is 2. The van der Waals surface area contributed by atoms with Gasteiger partial charge in [-0.05, 0) is 35.5 Å². The summed E-state index contributed by atoms with van der Waals surface area (Å²) in [5, 5.41) is -2.16. The number of halogens is 3. The average Bonchev–Trinajstić information content (AvgIpc) is 3.28. The van der Waals surface area contributed by atoms with Crippen LogP contribution >= 0.6 is 0 Å². The summed E-state index contributed by atoms with van der Waals surface area (Å²) in [4.78, 5) is 20.5. The molecule has 39 heavy (non-hydrogen) atoms. The second-order valence-corrected chi connectivity index (χ2v) is 9.59. The Kier molecular flexibility index (Phi) is 7.61. The second kappa shape index (κ2) is 10.8. The number of alkyl halides is 3. The van der Waals surface area contributed by atoms with Crippen LogP contribution in [0.25, 0.3) is 16.9 Å². The summed E-state index contributed by atoms with van der Waals surface area (Å²) in [6.45, 7) is 3.03. The lowest BCUT2D eigenvalue weighted by atomic mass is 9.52. The lowest BCUT2D eigenvalue weighted by Crippen LogP contribution is -2.44. The number of aromatic nitrogens is 2. The predicted octanol–water partition coefficient (Wildman–Crippen LogP) is 1.77. The minimum absolute atomic E-state index is 0.0512. The SMILES string of the molecule is [B]C([B])([B])Oc1cc(-c2cnc3cc(OCCN4CCOCC4)ccn23)cc2c1C(=O)N(CC(F)(F)F)CC2. The Morgan fingerprint density at radius 2 is 1.85 bits per heavy atom. The first-order chi connectivity index (χ1) is 18.5. The first kappa shape index (κ1) is 27.5. The Bertz CT molecular complexity index is 1360. The Labute approximate surface area is 227 Å². The van der Waals surface area contributed by atoms with E-state index in [1.807, 2.05) is 16.5 Å². The number of hydrogen-bond donors (Lipinski definition) is 0. The summed E-state index contributed by atoms with van der Waals surface area (Å²) in [7, 11) is 16.9. The number of carbonyl (C=O) groups excluding carboxylic acids is 1. The molecule has 5 rings (SSSR count). The zero-order valence-corrected chi connectivity index (χ0v) is 21.1. The van der Waals surface area contributed by atoms with Crippen LogP contribution in [0, 0.1) is 0 Å². The van der Waals surface area contributed by atoms with E-state index in [4.69, 9.17) is 37.7 Å². The van der Waals surface area contributed by atoms with Crippen molar-refractivity contribution in [3.8, 4) is 22.8 Å². The number of rotatable bonds is 8. The number of ether oxygens (including phenoxy) is 3. The molecule has 1 saturated heterocycles. The molecule has 3 aromatic rings. The van der Waals surface area contributed by atoms with Crippen LogP contribution < -0.4 is 9.47 Å². The van der Waals surface area contributed by atoms with Gasteiger partial charge in [0.15, 0.2) is 0 Å². The first-order valence-electron chi connectivity index (χ1n) is 12.5. The molecule has 0 unspecified atom stereocenters. The number of benzene rings is 1. The van der Waals surface area contributed by atoms with Crippen LogP contribution in [-0.2, 0) is 11.2 Å². The molecule has 0 N–H and O–H groups in total. The fourth-order valence-corrected chi connectivity index (χ4v) is 4.80. The number of pyridine rings is 1. The molecule has 0 spiro atoms. The van der Waals surface area contributed by atoms with E-state index in [0.29, 0.717) is 34.8 Å². The van der Waals surface area contributed by atoms with Crippen molar-refractivity contribution in [3.63, 3.8) is 0 Å². The fraction of sp³-hybridized carbons (Fsp3) is 0.440. The molecule has 1 fully saturated rings. The van der Waals surface area contributed by atoms with Gasteiger partial charge >= 0.3 is 6.18 Å². The number of carbonyl (C=O) groups is 1. The lowest BCUT2D eigenvalue weighted by molar-refractivity contribution is -0.141. The normalized spacial score (nSPS) is 16.9. The van der Waals surface area contributed by atoms with Gasteiger partial charge in [-0.1, -0.05) is 0 Å². The van der Waals surface area contributed by atoms with Crippen molar-refractivity contribution in [2.75, 3.05) is 52.5 Å². The van der Waals surface area contributed by atoms with Crippen molar-refractivity contribution in [3.05, 3.63) is 47.8 Å². The highest BCUT2D eigenvalue weighted by Crippen LogP contribution is 2.36. The number of amides is 1. The smallest absolute Gasteiger partial charge is 0.406 e. The van der Waals surface area contributed by atoms with E-state index in [0.717, 1.165) is 37.7 Å². The van der Waals surface area contributed by atoms with Crippen molar-refractivity contribution in [1.82, 2.24) is 19.2 Å². The number of morpholine rings is 1. The van der Waals surface area contributed by atoms with Crippen molar-refractivity contribution in [1.29, 1.82) is 0 Å². The molecule has 2 aliphatic heterocycles. The van der Waals surface area contributed by atoms with Gasteiger partial charge in [0, 0.05) is 44.0 Å². The van der Waals surface area contributed by atoms with E-state index in [1.165, 1.54) is 6.07 Å². The maximum atomic E-state index is 13.0. The predicted molar refractivity (Wildman–Crippen MR) is 140 cm³/mol. The zero-order chi connectivity index (χ0) is 27.8. The minimum Gasteiger partial charge on any atom is -0.515 e. The highest BCUT2D eigenvalue weighted by molar-refractivity contribution is 6.58. The van der Waals surface area contributed by atoms with Crippen LogP contribution in [-0.4, -0.2) is 113 Å². The van der Waals surface area contributed by atoms with Gasteiger partial charge in [-0.25, -0.2) is 4.98 Å². The zero-order valence-electron chi connectivity index (χ0n) is 21.1. The van der Waals surface area contributed by atoms with Crippen LogP contribution in [0.2, 0.25) is 0 Å². The summed E-state index contributed by atoms with van der Waals surface area (Å²) >= 11 is 0. The number of imidazole rings is 1. The monoisotopic (exact) mass is 534 g/mol. The molecule has 2 aliphatic rings. The van der Waals surface area contributed by atoms with Gasteiger partial charge in [-0.15, -0.1) is 0 Å². The molecular weight excluding hydrogens is 510 g/mol. The summed E-state index contributed by atoms with van der Waals surface area (Å²) < 4.78 is 57.6. The summed E-state index contributed by atoms with van der Waals surface area (Å²) in [6, 6.07) is 6.83. The second-order valence-electron chi connectivity index (χ2n) is 9.59. The molecule has 6 radical (unpaired) electrons. The maximum Gasteiger partial charge on any atom is 0.406 e. The van der Waals surface area contributed by atoms with Crippen LogP contribution in [0.15, 0.2) is 36.7 Å². The minimum atomic E-state index is -4.55. The molecule has 0 atom stereocenters. The molecule has 1 amide bonds. The van der Waals surface area contributed by atoms with Gasteiger partial charge in [0.25, 0.3) is 5.91 Å². The van der Waals surface area contributed by atoms with Crippen molar-refractivity contribution < 1.29 is 32.2 Å². The number of nitrogens with zero attached hydrogens (tertiary/aromatic N) is 4. The van der Waals surface area contributed by atoms with Crippen molar-refractivity contribution in [2.45, 2.75) is 17.9 Å². The molecule has 0 aliphatic carbocycles. The largest absolute Gasteiger partial charge is 0.515 e. The van der Waals surface area contributed by atoms with Gasteiger partial charge in [0.05, 0.1) is 30.7 Å². The molecule has 198 valence electrons. The fourth-order valence-electron chi connectivity index (χ4n) is 4.80. The average molecular weight is 534 g/mol. The summed E-state index contributed by atoms with van der Waals surface area (Å²) in [5.74, 6) is -0.279. The lowest BCUT2D eigenvalue weighted by Gasteiger charge is -2.33. The third kappa shape index (κ3) is 6.55. The molecule has 0 saturated carbocycles. The quantitative estimate of drug-likeness (QED) is 0.411. The number of hydrogen-bond acceptors (Lipinski definition) is 6. The molecule has 2 aromatic heterocycles. The molecule has 4 heterocycles. The van der Waals surface area contributed by atoms with Crippen LogP contribution in [0.5, 0.6) is 11.5 Å². The molecular formula is C25H24B3F3N4O4. The van der Waals surface area contributed by atoms with E-state index in [1.54, 1.807) is 18.5 Å². The Hall–Kier alpha value is -3.12. The van der Waals surface area contributed by atoms with E-state index in [-0.39, 0.29) is 24.3 Å². The van der Waals surface area contributed by atoms with E-state index in [9.17, 15) is 18.0 Å². The third-order valence-electron chi connectivity index (χ3n) is 6.55. The summed E-state index contributed by atoms with van der Waals surface area (Å²) in [6.07, 6.45) is -0.933. The van der Waals surface area contributed by atoms with Crippen LogP contribution in [0.3, 0.4) is 0 Å². The maximum absolute atomic E-state index is 13.0. The van der Waals surface area contributed by atoms with Crippen molar-refractivity contribution in [2.24, 2.45) is 0 Å². The van der Waals surface area contributed by atoms with Crippen LogP contribution in [0.4, 0.5) is 13.2 Å². The Balaban J connectivity index is 1.41. The van der Waals surface area contributed by atoms with E-state index >= 15 is 0 Å². The molecule has 0 bridgehead atoms. The van der Waals surface area contributed by atoms with Crippen molar-refractivity contribution >= 4 is 35.1 Å². The first-order valence-corrected chi connectivity index (χ1v) is 12.5. The van der Waals surface area contributed by atoms with E-state index in [2.05, 4.69) is 9.88 Å². The van der Waals surface area contributed by atoms with Gasteiger partial charge in [0.2, 0.25) is 0 Å². The molecule has 8 nitrogen and oxygen atoms in total.